The third-order valence-electron chi connectivity index (χ3n) is 4.71. The summed E-state index contributed by atoms with van der Waals surface area (Å²) >= 11 is 0. The van der Waals surface area contributed by atoms with Crippen molar-refractivity contribution in [3.8, 4) is 17.3 Å². The lowest BCUT2D eigenvalue weighted by Gasteiger charge is -2.27. The van der Waals surface area contributed by atoms with E-state index in [1.165, 1.54) is 11.1 Å². The Morgan fingerprint density at radius 2 is 1.87 bits per heavy atom. The summed E-state index contributed by atoms with van der Waals surface area (Å²) < 4.78 is 1.84. The Kier molecular flexibility index (Phi) is 4.31. The molecule has 0 unspecified atom stereocenters. The fourth-order valence-electron chi connectivity index (χ4n) is 3.20. The van der Waals surface area contributed by atoms with E-state index in [1.807, 2.05) is 16.7 Å². The molecule has 3 rings (SSSR count). The lowest BCUT2D eigenvalue weighted by atomic mass is 10.0. The summed E-state index contributed by atoms with van der Waals surface area (Å²) in [4.78, 5) is 12.8. The predicted molar refractivity (Wildman–Crippen MR) is 91.5 cm³/mol. The molecule has 0 amide bonds. The number of pyridine rings is 1. The van der Waals surface area contributed by atoms with Crippen molar-refractivity contribution in [2.45, 2.75) is 32.7 Å². The van der Waals surface area contributed by atoms with Crippen LogP contribution in [0.15, 0.2) is 35.1 Å². The van der Waals surface area contributed by atoms with Crippen LogP contribution in [0, 0.1) is 25.2 Å². The first-order valence-electron chi connectivity index (χ1n) is 8.06. The first-order chi connectivity index (χ1) is 11.1. The molecular formula is C19H21N3O. The molecule has 2 aromatic rings. The van der Waals surface area contributed by atoms with Crippen molar-refractivity contribution in [2.75, 3.05) is 13.1 Å². The minimum absolute atomic E-state index is 0.147. The smallest absolute Gasteiger partial charge is 0.269 e. The molecule has 1 aromatic heterocycles. The summed E-state index contributed by atoms with van der Waals surface area (Å²) in [7, 11) is 0. The van der Waals surface area contributed by atoms with Crippen LogP contribution in [0.1, 0.15) is 35.6 Å². The first-order valence-corrected chi connectivity index (χ1v) is 8.06. The molecule has 0 radical (unpaired) electrons. The lowest BCUT2D eigenvalue weighted by Crippen LogP contribution is -2.35. The summed E-state index contributed by atoms with van der Waals surface area (Å²) in [5.41, 5.74) is 4.43. The van der Waals surface area contributed by atoms with Gasteiger partial charge in [-0.25, -0.2) is 0 Å². The quantitative estimate of drug-likeness (QED) is 0.928. The van der Waals surface area contributed by atoms with E-state index < -0.39 is 0 Å². The Balaban J connectivity index is 2.19. The van der Waals surface area contributed by atoms with Gasteiger partial charge in [-0.2, -0.15) is 5.26 Å². The van der Waals surface area contributed by atoms with Crippen molar-refractivity contribution in [3.05, 3.63) is 57.4 Å². The third-order valence-corrected chi connectivity index (χ3v) is 4.71. The second kappa shape index (κ2) is 6.39. The average Bonchev–Trinajstić information content (AvgIpc) is 2.58. The van der Waals surface area contributed by atoms with Gasteiger partial charge in [0.25, 0.3) is 5.56 Å². The average molecular weight is 307 g/mol. The van der Waals surface area contributed by atoms with Crippen LogP contribution in [0.5, 0.6) is 0 Å². The van der Waals surface area contributed by atoms with Gasteiger partial charge in [0.15, 0.2) is 0 Å². The van der Waals surface area contributed by atoms with Gasteiger partial charge in [0, 0.05) is 6.04 Å². The monoisotopic (exact) mass is 307 g/mol. The van der Waals surface area contributed by atoms with Crippen LogP contribution in [-0.2, 0) is 0 Å². The summed E-state index contributed by atoms with van der Waals surface area (Å²) in [6.45, 7) is 5.97. The maximum atomic E-state index is 12.8. The zero-order valence-electron chi connectivity index (χ0n) is 13.6. The van der Waals surface area contributed by atoms with E-state index in [9.17, 15) is 10.1 Å². The van der Waals surface area contributed by atoms with Crippen molar-refractivity contribution >= 4 is 0 Å². The van der Waals surface area contributed by atoms with Crippen molar-refractivity contribution in [2.24, 2.45) is 0 Å². The number of nitrogens with zero attached hydrogens (tertiary/aromatic N) is 2. The fraction of sp³-hybridized carbons (Fsp3) is 0.368. The number of rotatable bonds is 2. The van der Waals surface area contributed by atoms with Gasteiger partial charge in [0.05, 0.1) is 5.69 Å². The van der Waals surface area contributed by atoms with E-state index in [0.717, 1.165) is 37.2 Å². The molecule has 1 aromatic carbocycles. The number of nitrogens with one attached hydrogen (secondary N) is 1. The van der Waals surface area contributed by atoms with Crippen molar-refractivity contribution in [1.82, 2.24) is 9.88 Å². The lowest BCUT2D eigenvalue weighted by molar-refractivity contribution is 0.363. The van der Waals surface area contributed by atoms with Crippen LogP contribution in [0.25, 0.3) is 11.3 Å². The van der Waals surface area contributed by atoms with E-state index in [1.54, 1.807) is 6.07 Å². The molecule has 0 bridgehead atoms. The van der Waals surface area contributed by atoms with Gasteiger partial charge in [-0.3, -0.25) is 4.79 Å². The van der Waals surface area contributed by atoms with Gasteiger partial charge in [0.2, 0.25) is 0 Å². The number of hydrogen-bond acceptors (Lipinski definition) is 3. The molecule has 1 fully saturated rings. The molecule has 4 nitrogen and oxygen atoms in total. The number of hydrogen-bond donors (Lipinski definition) is 1. The van der Waals surface area contributed by atoms with Crippen molar-refractivity contribution < 1.29 is 0 Å². The molecule has 1 aliphatic rings. The number of benzene rings is 1. The predicted octanol–water partition coefficient (Wildman–Crippen LogP) is 2.93. The van der Waals surface area contributed by atoms with E-state index in [-0.39, 0.29) is 17.2 Å². The fourth-order valence-corrected chi connectivity index (χ4v) is 3.20. The van der Waals surface area contributed by atoms with Crippen molar-refractivity contribution in [1.29, 1.82) is 5.26 Å². The molecule has 0 atom stereocenters. The van der Waals surface area contributed by atoms with Gasteiger partial charge in [-0.05, 0) is 74.7 Å². The molecule has 118 valence electrons. The SMILES string of the molecule is Cc1ccc(-c2ccc(C#N)c(=O)n2C2CCNCC2)cc1C. The van der Waals surface area contributed by atoms with E-state index in [2.05, 4.69) is 37.4 Å². The highest BCUT2D eigenvalue weighted by Crippen LogP contribution is 2.27. The molecule has 1 N–H and O–H groups in total. The standard InChI is InChI=1S/C19H21N3O/c1-13-3-4-15(11-14(13)2)18-6-5-16(12-20)19(23)22(18)17-7-9-21-10-8-17/h3-6,11,17,21H,7-10H2,1-2H3. The van der Waals surface area contributed by atoms with Crippen LogP contribution in [0.3, 0.4) is 0 Å². The van der Waals surface area contributed by atoms with E-state index in [0.29, 0.717) is 0 Å². The molecule has 23 heavy (non-hydrogen) atoms. The van der Waals surface area contributed by atoms with Crippen LogP contribution < -0.4 is 10.9 Å². The van der Waals surface area contributed by atoms with Crippen LogP contribution in [0.4, 0.5) is 0 Å². The summed E-state index contributed by atoms with van der Waals surface area (Å²) in [5, 5.41) is 12.5. The zero-order chi connectivity index (χ0) is 16.4. The van der Waals surface area contributed by atoms with E-state index >= 15 is 0 Å². The molecule has 1 aliphatic heterocycles. The Hall–Kier alpha value is -2.38. The minimum atomic E-state index is -0.171. The minimum Gasteiger partial charge on any atom is -0.317 e. The third kappa shape index (κ3) is 2.93. The molecule has 0 spiro atoms. The second-order valence-electron chi connectivity index (χ2n) is 6.20. The van der Waals surface area contributed by atoms with Gasteiger partial charge in [-0.1, -0.05) is 12.1 Å². The number of piperidine rings is 1. The molecule has 1 saturated heterocycles. The topological polar surface area (TPSA) is 57.8 Å². The summed E-state index contributed by atoms with van der Waals surface area (Å²) in [6.07, 6.45) is 1.82. The summed E-state index contributed by atoms with van der Waals surface area (Å²) in [5.74, 6) is 0. The Labute approximate surface area is 136 Å². The molecule has 4 heteroatoms. The van der Waals surface area contributed by atoms with Gasteiger partial charge >= 0.3 is 0 Å². The van der Waals surface area contributed by atoms with Crippen molar-refractivity contribution in [3.63, 3.8) is 0 Å². The largest absolute Gasteiger partial charge is 0.317 e. The second-order valence-corrected chi connectivity index (χ2v) is 6.20. The van der Waals surface area contributed by atoms with E-state index in [4.69, 9.17) is 0 Å². The molecular weight excluding hydrogens is 286 g/mol. The maximum absolute atomic E-state index is 12.8. The molecule has 0 saturated carbocycles. The summed E-state index contributed by atoms with van der Waals surface area (Å²) in [6, 6.07) is 12.0. The zero-order valence-corrected chi connectivity index (χ0v) is 13.6. The first kappa shape index (κ1) is 15.5. The maximum Gasteiger partial charge on any atom is 0.269 e. The van der Waals surface area contributed by atoms with Crippen LogP contribution in [-0.4, -0.2) is 17.7 Å². The van der Waals surface area contributed by atoms with Gasteiger partial charge < -0.3 is 9.88 Å². The number of aromatic nitrogens is 1. The number of nitriles is 1. The highest BCUT2D eigenvalue weighted by Gasteiger charge is 2.21. The van der Waals surface area contributed by atoms with Gasteiger partial charge in [-0.15, -0.1) is 0 Å². The molecule has 2 heterocycles. The Morgan fingerprint density at radius 1 is 1.13 bits per heavy atom. The normalized spacial score (nSPS) is 15.3. The Bertz CT molecular complexity index is 823. The van der Waals surface area contributed by atoms with Crippen LogP contribution >= 0.6 is 0 Å². The Morgan fingerprint density at radius 3 is 2.52 bits per heavy atom. The molecule has 0 aliphatic carbocycles. The van der Waals surface area contributed by atoms with Gasteiger partial charge in [0.1, 0.15) is 11.6 Å². The van der Waals surface area contributed by atoms with Crippen LogP contribution in [0.2, 0.25) is 0 Å². The highest BCUT2D eigenvalue weighted by atomic mass is 16.1. The number of aryl methyl sites for hydroxylation is 2. The highest BCUT2D eigenvalue weighted by molar-refractivity contribution is 5.62.